The highest BCUT2D eigenvalue weighted by Crippen LogP contribution is 2.32. The summed E-state index contributed by atoms with van der Waals surface area (Å²) in [4.78, 5) is 10.7. The number of carboxylic acid groups (broad SMARTS) is 1. The van der Waals surface area contributed by atoms with Gasteiger partial charge in [0.15, 0.2) is 11.6 Å². The van der Waals surface area contributed by atoms with E-state index in [2.05, 4.69) is 13.8 Å². The molecule has 0 aromatic heterocycles. The molecule has 1 aromatic rings. The minimum atomic E-state index is -1.13. The second kappa shape index (κ2) is 5.59. The molecule has 1 aliphatic rings. The molecule has 3 atom stereocenters. The van der Waals surface area contributed by atoms with Gasteiger partial charge < -0.3 is 9.84 Å². The monoisotopic (exact) mass is 266 g/mol. The van der Waals surface area contributed by atoms with Crippen LogP contribution in [0.2, 0.25) is 0 Å². The lowest BCUT2D eigenvalue weighted by Crippen LogP contribution is -2.29. The second-order valence-electron chi connectivity index (χ2n) is 5.46. The molecule has 4 heteroatoms. The fraction of sp³-hybridized carbons (Fsp3) is 0.533. The van der Waals surface area contributed by atoms with Crippen molar-refractivity contribution in [2.75, 3.05) is 0 Å². The molecule has 0 bridgehead atoms. The lowest BCUT2D eigenvalue weighted by atomic mass is 9.80. The molecule has 1 N–H and O–H groups in total. The van der Waals surface area contributed by atoms with Crippen LogP contribution in [0.5, 0.6) is 5.75 Å². The number of carbonyl (C=O) groups is 1. The third-order valence-electron chi connectivity index (χ3n) is 4.02. The zero-order valence-corrected chi connectivity index (χ0v) is 11.2. The van der Waals surface area contributed by atoms with Crippen molar-refractivity contribution in [3.8, 4) is 5.75 Å². The molecule has 3 nitrogen and oxygen atoms in total. The van der Waals surface area contributed by atoms with E-state index in [1.807, 2.05) is 0 Å². The zero-order valence-electron chi connectivity index (χ0n) is 11.2. The highest BCUT2D eigenvalue weighted by molar-refractivity contribution is 5.87. The summed E-state index contributed by atoms with van der Waals surface area (Å²) in [5.74, 6) is -0.340. The molecule has 19 heavy (non-hydrogen) atoms. The predicted molar refractivity (Wildman–Crippen MR) is 70.0 cm³/mol. The van der Waals surface area contributed by atoms with Gasteiger partial charge in [-0.25, -0.2) is 9.18 Å². The van der Waals surface area contributed by atoms with Gasteiger partial charge in [0.05, 0.1) is 11.7 Å². The maximum absolute atomic E-state index is 13.8. The molecule has 0 saturated heterocycles. The van der Waals surface area contributed by atoms with Crippen molar-refractivity contribution in [3.63, 3.8) is 0 Å². The number of hydrogen-bond donors (Lipinski definition) is 1. The summed E-state index contributed by atoms with van der Waals surface area (Å²) >= 11 is 0. The molecule has 0 heterocycles. The number of benzene rings is 1. The average molecular weight is 266 g/mol. The van der Waals surface area contributed by atoms with Gasteiger partial charge in [0.2, 0.25) is 0 Å². The third-order valence-corrected chi connectivity index (χ3v) is 4.02. The fourth-order valence-electron chi connectivity index (χ4n) is 2.51. The molecule has 1 saturated carbocycles. The smallest absolute Gasteiger partial charge is 0.335 e. The van der Waals surface area contributed by atoms with Crippen LogP contribution in [0.4, 0.5) is 4.39 Å². The Morgan fingerprint density at radius 2 is 2.05 bits per heavy atom. The van der Waals surface area contributed by atoms with Crippen LogP contribution in [0.25, 0.3) is 0 Å². The number of hydrogen-bond acceptors (Lipinski definition) is 2. The Hall–Kier alpha value is -1.58. The first-order valence-corrected chi connectivity index (χ1v) is 6.67. The second-order valence-corrected chi connectivity index (χ2v) is 5.46. The van der Waals surface area contributed by atoms with E-state index in [0.717, 1.165) is 25.3 Å². The van der Waals surface area contributed by atoms with Crippen molar-refractivity contribution in [2.24, 2.45) is 11.8 Å². The summed E-state index contributed by atoms with van der Waals surface area (Å²) in [5.41, 5.74) is -0.0597. The van der Waals surface area contributed by atoms with Gasteiger partial charge in [0, 0.05) is 0 Å². The maximum Gasteiger partial charge on any atom is 0.335 e. The minimum Gasteiger partial charge on any atom is -0.487 e. The average Bonchev–Trinajstić information content (AvgIpc) is 2.36. The molecular formula is C15H19FO3. The number of aromatic carboxylic acids is 1. The largest absolute Gasteiger partial charge is 0.487 e. The maximum atomic E-state index is 13.8. The lowest BCUT2D eigenvalue weighted by molar-refractivity contribution is 0.0695. The Bertz CT molecular complexity index is 472. The Morgan fingerprint density at radius 3 is 2.63 bits per heavy atom. The van der Waals surface area contributed by atoms with Gasteiger partial charge in [-0.3, -0.25) is 0 Å². The third kappa shape index (κ3) is 3.25. The summed E-state index contributed by atoms with van der Waals surface area (Å²) in [6.45, 7) is 4.41. The van der Waals surface area contributed by atoms with E-state index < -0.39 is 11.8 Å². The molecule has 0 aliphatic heterocycles. The predicted octanol–water partition coefficient (Wildman–Crippen LogP) is 3.73. The zero-order chi connectivity index (χ0) is 14.0. The van der Waals surface area contributed by atoms with Crippen LogP contribution < -0.4 is 4.74 Å². The van der Waals surface area contributed by atoms with Gasteiger partial charge in [0.25, 0.3) is 0 Å². The summed E-state index contributed by atoms with van der Waals surface area (Å²) in [6, 6.07) is 3.78. The fourth-order valence-corrected chi connectivity index (χ4v) is 2.51. The molecule has 0 amide bonds. The van der Waals surface area contributed by atoms with Gasteiger partial charge in [-0.15, -0.1) is 0 Å². The van der Waals surface area contributed by atoms with E-state index in [9.17, 15) is 9.18 Å². The number of halogens is 1. The Balaban J connectivity index is 2.05. The van der Waals surface area contributed by atoms with E-state index in [-0.39, 0.29) is 17.4 Å². The van der Waals surface area contributed by atoms with Crippen LogP contribution in [0.15, 0.2) is 18.2 Å². The summed E-state index contributed by atoms with van der Waals surface area (Å²) in [7, 11) is 0. The molecule has 1 fully saturated rings. The van der Waals surface area contributed by atoms with Crippen LogP contribution in [0, 0.1) is 17.7 Å². The molecule has 1 aliphatic carbocycles. The summed E-state index contributed by atoms with van der Waals surface area (Å²) < 4.78 is 19.4. The minimum absolute atomic E-state index is 0.0244. The van der Waals surface area contributed by atoms with E-state index >= 15 is 0 Å². The van der Waals surface area contributed by atoms with Crippen LogP contribution in [-0.4, -0.2) is 17.2 Å². The van der Waals surface area contributed by atoms with Crippen LogP contribution in [-0.2, 0) is 0 Å². The molecule has 2 rings (SSSR count). The Morgan fingerprint density at radius 1 is 1.32 bits per heavy atom. The van der Waals surface area contributed by atoms with Gasteiger partial charge in [0.1, 0.15) is 0 Å². The van der Waals surface area contributed by atoms with Crippen molar-refractivity contribution in [3.05, 3.63) is 29.6 Å². The number of carboxylic acids is 1. The summed E-state index contributed by atoms with van der Waals surface area (Å²) in [6.07, 6.45) is 2.95. The van der Waals surface area contributed by atoms with E-state index in [0.29, 0.717) is 11.8 Å². The van der Waals surface area contributed by atoms with E-state index in [1.165, 1.54) is 12.1 Å². The molecular weight excluding hydrogens is 247 g/mol. The summed E-state index contributed by atoms with van der Waals surface area (Å²) in [5, 5.41) is 8.78. The van der Waals surface area contributed by atoms with Gasteiger partial charge in [-0.2, -0.15) is 0 Å². The molecule has 1 aromatic carbocycles. The van der Waals surface area contributed by atoms with Crippen molar-refractivity contribution in [2.45, 2.75) is 39.2 Å². The SMILES string of the molecule is CC1CCC(Oc2ccc(C(=O)O)cc2F)CC1C. The van der Waals surface area contributed by atoms with Crippen LogP contribution in [0.3, 0.4) is 0 Å². The van der Waals surface area contributed by atoms with Crippen molar-refractivity contribution >= 4 is 5.97 Å². The first-order chi connectivity index (χ1) is 8.97. The standard InChI is InChI=1S/C15H19FO3/c1-9-3-5-12(7-10(9)2)19-14-6-4-11(15(17)18)8-13(14)16/h4,6,8-10,12H,3,5,7H2,1-2H3,(H,17,18). The van der Waals surface area contributed by atoms with Crippen molar-refractivity contribution in [1.29, 1.82) is 0 Å². The highest BCUT2D eigenvalue weighted by Gasteiger charge is 2.26. The topological polar surface area (TPSA) is 46.5 Å². The van der Waals surface area contributed by atoms with Crippen LogP contribution in [0.1, 0.15) is 43.5 Å². The normalized spacial score (nSPS) is 27.0. The number of ether oxygens (including phenoxy) is 1. The quantitative estimate of drug-likeness (QED) is 0.906. The Kier molecular flexibility index (Phi) is 4.08. The number of rotatable bonds is 3. The molecule has 0 radical (unpaired) electrons. The highest BCUT2D eigenvalue weighted by atomic mass is 19.1. The Labute approximate surface area is 112 Å². The van der Waals surface area contributed by atoms with E-state index in [1.54, 1.807) is 0 Å². The van der Waals surface area contributed by atoms with Crippen molar-refractivity contribution in [1.82, 2.24) is 0 Å². The van der Waals surface area contributed by atoms with Gasteiger partial charge in [-0.1, -0.05) is 13.8 Å². The van der Waals surface area contributed by atoms with Crippen molar-refractivity contribution < 1.29 is 19.0 Å². The first-order valence-electron chi connectivity index (χ1n) is 6.67. The van der Waals surface area contributed by atoms with Gasteiger partial charge >= 0.3 is 5.97 Å². The van der Waals surface area contributed by atoms with E-state index in [4.69, 9.17) is 9.84 Å². The van der Waals surface area contributed by atoms with Crippen LogP contribution >= 0.6 is 0 Å². The lowest BCUT2D eigenvalue weighted by Gasteiger charge is -2.32. The van der Waals surface area contributed by atoms with Gasteiger partial charge in [-0.05, 0) is 49.3 Å². The molecule has 104 valence electrons. The molecule has 0 spiro atoms. The first kappa shape index (κ1) is 13.8. The molecule has 3 unspecified atom stereocenters.